The highest BCUT2D eigenvalue weighted by Crippen LogP contribution is 2.32. The van der Waals surface area contributed by atoms with Crippen molar-refractivity contribution in [3.05, 3.63) is 54.2 Å². The van der Waals surface area contributed by atoms with Gasteiger partial charge in [0.1, 0.15) is 0 Å². The summed E-state index contributed by atoms with van der Waals surface area (Å²) < 4.78 is 2.44. The van der Waals surface area contributed by atoms with Gasteiger partial charge in [-0.15, -0.1) is 11.3 Å². The third-order valence-corrected chi connectivity index (χ3v) is 5.05. The lowest BCUT2D eigenvalue weighted by atomic mass is 10.1. The minimum Gasteiger partial charge on any atom is -0.309 e. The van der Waals surface area contributed by atoms with Crippen LogP contribution in [0.25, 0.3) is 0 Å². The topological polar surface area (TPSA) is 12.0 Å². The third kappa shape index (κ3) is 2.67. The quantitative estimate of drug-likeness (QED) is 0.742. The first-order chi connectivity index (χ1) is 7.72. The number of thiophene rings is 1. The molecule has 0 aliphatic carbocycles. The Balaban J connectivity index is 2.37. The predicted molar refractivity (Wildman–Crippen MR) is 82.1 cm³/mol. The highest BCUT2D eigenvalue weighted by molar-refractivity contribution is 14.1. The van der Waals surface area contributed by atoms with Crippen LogP contribution in [0, 0.1) is 3.57 Å². The maximum absolute atomic E-state index is 3.59. The number of halogens is 2. The highest BCUT2D eigenvalue weighted by atomic mass is 127. The van der Waals surface area contributed by atoms with E-state index in [-0.39, 0.29) is 6.04 Å². The maximum atomic E-state index is 3.59. The zero-order valence-corrected chi connectivity index (χ0v) is 13.3. The number of hydrogen-bond donors (Lipinski definition) is 1. The van der Waals surface area contributed by atoms with Crippen LogP contribution in [-0.4, -0.2) is 7.05 Å². The third-order valence-electron chi connectivity index (χ3n) is 2.40. The number of hydrogen-bond acceptors (Lipinski definition) is 2. The van der Waals surface area contributed by atoms with Crippen molar-refractivity contribution < 1.29 is 0 Å². The zero-order valence-electron chi connectivity index (χ0n) is 8.71. The molecule has 0 aliphatic rings. The minimum atomic E-state index is 0.270. The highest BCUT2D eigenvalue weighted by Gasteiger charge is 2.15. The van der Waals surface area contributed by atoms with E-state index in [9.17, 15) is 0 Å². The second kappa shape index (κ2) is 5.62. The molecule has 1 aromatic carbocycles. The fourth-order valence-electron chi connectivity index (χ4n) is 1.62. The van der Waals surface area contributed by atoms with Crippen LogP contribution in [0.1, 0.15) is 16.5 Å². The van der Waals surface area contributed by atoms with E-state index in [1.165, 1.54) is 18.5 Å². The standard InChI is InChI=1S/C12H11BrINS/c1-15-11(12-10(13)6-7-16-12)8-2-4-9(14)5-3-8/h2-7,11,15H,1H3. The van der Waals surface area contributed by atoms with Gasteiger partial charge in [-0.25, -0.2) is 0 Å². The normalized spacial score (nSPS) is 12.7. The molecule has 0 bridgehead atoms. The van der Waals surface area contributed by atoms with Crippen LogP contribution in [0.2, 0.25) is 0 Å². The van der Waals surface area contributed by atoms with E-state index < -0.39 is 0 Å². The maximum Gasteiger partial charge on any atom is 0.0680 e. The van der Waals surface area contributed by atoms with Crippen molar-refractivity contribution in [1.82, 2.24) is 5.32 Å². The molecule has 0 saturated heterocycles. The Morgan fingerprint density at radius 1 is 1.25 bits per heavy atom. The summed E-state index contributed by atoms with van der Waals surface area (Å²) in [5, 5.41) is 5.47. The first-order valence-corrected chi connectivity index (χ1v) is 7.63. The summed E-state index contributed by atoms with van der Waals surface area (Å²) >= 11 is 7.68. The lowest BCUT2D eigenvalue weighted by Gasteiger charge is -2.16. The second-order valence-corrected chi connectivity index (χ2v) is 6.45. The smallest absolute Gasteiger partial charge is 0.0680 e. The van der Waals surface area contributed by atoms with Gasteiger partial charge in [-0.1, -0.05) is 12.1 Å². The molecule has 0 amide bonds. The van der Waals surface area contributed by atoms with Crippen LogP contribution in [0.15, 0.2) is 40.2 Å². The summed E-state index contributed by atoms with van der Waals surface area (Å²) in [6, 6.07) is 11.0. The van der Waals surface area contributed by atoms with Crippen LogP contribution in [0.3, 0.4) is 0 Å². The number of benzene rings is 1. The van der Waals surface area contributed by atoms with Gasteiger partial charge in [0.2, 0.25) is 0 Å². The lowest BCUT2D eigenvalue weighted by molar-refractivity contribution is 0.701. The molecule has 1 aromatic heterocycles. The van der Waals surface area contributed by atoms with Crippen molar-refractivity contribution in [2.75, 3.05) is 7.05 Å². The molecule has 0 spiro atoms. The SMILES string of the molecule is CNC(c1ccc(I)cc1)c1sccc1Br. The van der Waals surface area contributed by atoms with Crippen LogP contribution in [-0.2, 0) is 0 Å². The predicted octanol–water partition coefficient (Wildman–Crippen LogP) is 4.42. The fraction of sp³-hybridized carbons (Fsp3) is 0.167. The molecule has 4 heteroatoms. The Morgan fingerprint density at radius 2 is 1.94 bits per heavy atom. The summed E-state index contributed by atoms with van der Waals surface area (Å²) in [6.45, 7) is 0. The van der Waals surface area contributed by atoms with E-state index in [1.54, 1.807) is 11.3 Å². The fourth-order valence-corrected chi connectivity index (χ4v) is 3.71. The second-order valence-electron chi connectivity index (χ2n) is 3.41. The van der Waals surface area contributed by atoms with Crippen molar-refractivity contribution >= 4 is 49.9 Å². The average Bonchev–Trinajstić information content (AvgIpc) is 2.69. The molecule has 1 unspecified atom stereocenters. The van der Waals surface area contributed by atoms with Gasteiger partial charge in [-0.05, 0) is 74.7 Å². The van der Waals surface area contributed by atoms with Gasteiger partial charge in [0.25, 0.3) is 0 Å². The van der Waals surface area contributed by atoms with E-state index in [0.717, 1.165) is 0 Å². The van der Waals surface area contributed by atoms with Crippen molar-refractivity contribution in [2.24, 2.45) is 0 Å². The Bertz CT molecular complexity index is 466. The van der Waals surface area contributed by atoms with Gasteiger partial charge >= 0.3 is 0 Å². The van der Waals surface area contributed by atoms with E-state index >= 15 is 0 Å². The Kier molecular flexibility index (Phi) is 4.41. The molecular formula is C12H11BrINS. The number of rotatable bonds is 3. The van der Waals surface area contributed by atoms with Crippen molar-refractivity contribution in [2.45, 2.75) is 6.04 Å². The summed E-state index contributed by atoms with van der Waals surface area (Å²) in [5.74, 6) is 0. The Hall–Kier alpha value is 0.0900. The Morgan fingerprint density at radius 3 is 2.44 bits per heavy atom. The first kappa shape index (κ1) is 12.5. The van der Waals surface area contributed by atoms with Gasteiger partial charge in [-0.2, -0.15) is 0 Å². The molecular weight excluding hydrogens is 397 g/mol. The van der Waals surface area contributed by atoms with Crippen molar-refractivity contribution in [3.63, 3.8) is 0 Å². The lowest BCUT2D eigenvalue weighted by Crippen LogP contribution is -2.16. The van der Waals surface area contributed by atoms with E-state index in [0.29, 0.717) is 0 Å². The molecule has 0 fully saturated rings. The number of nitrogens with one attached hydrogen (secondary N) is 1. The average molecular weight is 408 g/mol. The van der Waals surface area contributed by atoms with Crippen LogP contribution in [0.4, 0.5) is 0 Å². The van der Waals surface area contributed by atoms with Gasteiger partial charge in [0.15, 0.2) is 0 Å². The molecule has 0 radical (unpaired) electrons. The minimum absolute atomic E-state index is 0.270. The van der Waals surface area contributed by atoms with Gasteiger partial charge in [0, 0.05) is 12.9 Å². The van der Waals surface area contributed by atoms with E-state index in [4.69, 9.17) is 0 Å². The van der Waals surface area contributed by atoms with Gasteiger partial charge < -0.3 is 5.32 Å². The molecule has 2 rings (SSSR count). The van der Waals surface area contributed by atoms with Crippen LogP contribution >= 0.6 is 49.9 Å². The van der Waals surface area contributed by atoms with Gasteiger partial charge in [0.05, 0.1) is 6.04 Å². The molecule has 16 heavy (non-hydrogen) atoms. The summed E-state index contributed by atoms with van der Waals surface area (Å²) in [4.78, 5) is 1.32. The summed E-state index contributed by atoms with van der Waals surface area (Å²) in [5.41, 5.74) is 1.30. The molecule has 2 aromatic rings. The monoisotopic (exact) mass is 407 g/mol. The van der Waals surface area contributed by atoms with Crippen molar-refractivity contribution in [3.8, 4) is 0 Å². The Labute approximate surface area is 122 Å². The molecule has 1 atom stereocenters. The van der Waals surface area contributed by atoms with Crippen molar-refractivity contribution in [1.29, 1.82) is 0 Å². The van der Waals surface area contributed by atoms with E-state index in [1.807, 2.05) is 7.05 Å². The molecule has 1 nitrogen and oxygen atoms in total. The zero-order chi connectivity index (χ0) is 11.5. The summed E-state index contributed by atoms with van der Waals surface area (Å²) in [6.07, 6.45) is 0. The molecule has 84 valence electrons. The van der Waals surface area contributed by atoms with Gasteiger partial charge in [-0.3, -0.25) is 0 Å². The van der Waals surface area contributed by atoms with Crippen LogP contribution < -0.4 is 5.32 Å². The first-order valence-electron chi connectivity index (χ1n) is 4.88. The molecule has 1 heterocycles. The molecule has 0 saturated carbocycles. The summed E-state index contributed by atoms with van der Waals surface area (Å²) in [7, 11) is 1.99. The van der Waals surface area contributed by atoms with E-state index in [2.05, 4.69) is 79.5 Å². The largest absolute Gasteiger partial charge is 0.309 e. The molecule has 1 N–H and O–H groups in total. The molecule has 0 aliphatic heterocycles. The van der Waals surface area contributed by atoms with Crippen LogP contribution in [0.5, 0.6) is 0 Å².